The van der Waals surface area contributed by atoms with Crippen molar-refractivity contribution >= 4 is 0 Å². The molecule has 1 aromatic rings. The van der Waals surface area contributed by atoms with E-state index in [9.17, 15) is 0 Å². The number of aromatic nitrogens is 2. The van der Waals surface area contributed by atoms with E-state index in [0.29, 0.717) is 18.3 Å². The molecule has 1 unspecified atom stereocenters. The molecule has 0 aliphatic carbocycles. The fourth-order valence-electron chi connectivity index (χ4n) is 1.06. The minimum absolute atomic E-state index is 0.149. The van der Waals surface area contributed by atoms with Crippen molar-refractivity contribution in [1.29, 1.82) is 0 Å². The van der Waals surface area contributed by atoms with E-state index >= 15 is 0 Å². The summed E-state index contributed by atoms with van der Waals surface area (Å²) in [5.74, 6) is 1.10. The molecule has 0 aliphatic heterocycles. The summed E-state index contributed by atoms with van der Waals surface area (Å²) in [6.07, 6.45) is 0.153. The predicted octanol–water partition coefficient (Wildman–Crippen LogP) is 1.79. The fraction of sp³-hybridized carbons (Fsp3) is 0.818. The molecule has 16 heavy (non-hydrogen) atoms. The third-order valence-corrected chi connectivity index (χ3v) is 2.02. The molecule has 1 heterocycles. The highest BCUT2D eigenvalue weighted by Crippen LogP contribution is 2.21. The molecule has 0 bridgehead atoms. The van der Waals surface area contributed by atoms with E-state index in [1.165, 1.54) is 0 Å². The Morgan fingerprint density at radius 2 is 2.00 bits per heavy atom. The Bertz CT molecular complexity index is 328. The molecule has 0 amide bonds. The van der Waals surface area contributed by atoms with Gasteiger partial charge in [0.1, 0.15) is 0 Å². The second-order valence-electron chi connectivity index (χ2n) is 5.20. The number of hydrogen-bond acceptors (Lipinski definition) is 5. The standard InChI is InChI=1S/C11H21N3O2/c1-7(2)15-6-8(12)9-13-10(16-14-9)11(3,4)5/h7-8H,6,12H2,1-5H3. The summed E-state index contributed by atoms with van der Waals surface area (Å²) in [4.78, 5) is 4.28. The van der Waals surface area contributed by atoms with Crippen LogP contribution in [0, 0.1) is 0 Å². The smallest absolute Gasteiger partial charge is 0.232 e. The number of ether oxygens (including phenoxy) is 1. The van der Waals surface area contributed by atoms with Crippen molar-refractivity contribution in [2.75, 3.05) is 6.61 Å². The normalized spacial score (nSPS) is 14.4. The zero-order chi connectivity index (χ0) is 12.3. The Kier molecular flexibility index (Phi) is 4.04. The lowest BCUT2D eigenvalue weighted by atomic mass is 9.97. The van der Waals surface area contributed by atoms with E-state index in [0.717, 1.165) is 0 Å². The van der Waals surface area contributed by atoms with Crippen LogP contribution in [0.1, 0.15) is 52.4 Å². The van der Waals surface area contributed by atoms with Gasteiger partial charge in [0.2, 0.25) is 5.89 Å². The van der Waals surface area contributed by atoms with Gasteiger partial charge in [0, 0.05) is 5.41 Å². The van der Waals surface area contributed by atoms with Gasteiger partial charge in [-0.2, -0.15) is 4.98 Å². The molecule has 0 saturated heterocycles. The van der Waals surface area contributed by atoms with Crippen LogP contribution in [0.5, 0.6) is 0 Å². The van der Waals surface area contributed by atoms with Gasteiger partial charge in [-0.05, 0) is 13.8 Å². The van der Waals surface area contributed by atoms with Crippen molar-refractivity contribution in [2.45, 2.75) is 52.2 Å². The van der Waals surface area contributed by atoms with Crippen molar-refractivity contribution in [3.8, 4) is 0 Å². The Morgan fingerprint density at radius 1 is 1.38 bits per heavy atom. The van der Waals surface area contributed by atoms with Crippen LogP contribution in [-0.2, 0) is 10.2 Å². The van der Waals surface area contributed by atoms with Gasteiger partial charge in [-0.15, -0.1) is 0 Å². The summed E-state index contributed by atoms with van der Waals surface area (Å²) in [5.41, 5.74) is 5.74. The molecule has 5 heteroatoms. The molecule has 92 valence electrons. The molecule has 0 radical (unpaired) electrons. The summed E-state index contributed by atoms with van der Waals surface area (Å²) in [6, 6.07) is -0.331. The summed E-state index contributed by atoms with van der Waals surface area (Å²) in [5, 5.41) is 3.87. The molecule has 5 nitrogen and oxygen atoms in total. The summed E-state index contributed by atoms with van der Waals surface area (Å²) < 4.78 is 10.6. The number of hydrogen-bond donors (Lipinski definition) is 1. The van der Waals surface area contributed by atoms with Crippen LogP contribution in [0.4, 0.5) is 0 Å². The van der Waals surface area contributed by atoms with Crippen LogP contribution in [0.3, 0.4) is 0 Å². The number of nitrogens with zero attached hydrogens (tertiary/aromatic N) is 2. The first-order valence-electron chi connectivity index (χ1n) is 5.52. The van der Waals surface area contributed by atoms with Crippen LogP contribution >= 0.6 is 0 Å². The average molecular weight is 227 g/mol. The molecular weight excluding hydrogens is 206 g/mol. The molecule has 1 atom stereocenters. The van der Waals surface area contributed by atoms with Crippen molar-refractivity contribution in [3.05, 3.63) is 11.7 Å². The van der Waals surface area contributed by atoms with Crippen LogP contribution < -0.4 is 5.73 Å². The van der Waals surface area contributed by atoms with E-state index in [4.69, 9.17) is 15.0 Å². The second kappa shape index (κ2) is 4.93. The van der Waals surface area contributed by atoms with Crippen molar-refractivity contribution < 1.29 is 9.26 Å². The minimum Gasteiger partial charge on any atom is -0.377 e. The lowest BCUT2D eigenvalue weighted by Crippen LogP contribution is -2.21. The van der Waals surface area contributed by atoms with Crippen molar-refractivity contribution in [3.63, 3.8) is 0 Å². The van der Waals surface area contributed by atoms with Gasteiger partial charge >= 0.3 is 0 Å². The van der Waals surface area contributed by atoms with Crippen LogP contribution in [0.25, 0.3) is 0 Å². The number of rotatable bonds is 4. The van der Waals surface area contributed by atoms with Gasteiger partial charge in [0.25, 0.3) is 0 Å². The maximum absolute atomic E-state index is 5.89. The largest absolute Gasteiger partial charge is 0.377 e. The van der Waals surface area contributed by atoms with Gasteiger partial charge in [-0.25, -0.2) is 0 Å². The third kappa shape index (κ3) is 3.57. The quantitative estimate of drug-likeness (QED) is 0.848. The minimum atomic E-state index is -0.331. The van der Waals surface area contributed by atoms with E-state index in [1.54, 1.807) is 0 Å². The van der Waals surface area contributed by atoms with E-state index < -0.39 is 0 Å². The van der Waals surface area contributed by atoms with Gasteiger partial charge < -0.3 is 15.0 Å². The topological polar surface area (TPSA) is 74.2 Å². The third-order valence-electron chi connectivity index (χ3n) is 2.02. The molecule has 1 aromatic heterocycles. The highest BCUT2D eigenvalue weighted by molar-refractivity contribution is 5.00. The molecular formula is C11H21N3O2. The second-order valence-corrected chi connectivity index (χ2v) is 5.20. The molecule has 0 fully saturated rings. The summed E-state index contributed by atoms with van der Waals surface area (Å²) in [7, 11) is 0. The highest BCUT2D eigenvalue weighted by atomic mass is 16.5. The Balaban J connectivity index is 2.63. The lowest BCUT2D eigenvalue weighted by Gasteiger charge is -2.12. The molecule has 0 saturated carbocycles. The SMILES string of the molecule is CC(C)OCC(N)c1noc(C(C)(C)C)n1. The van der Waals surface area contributed by atoms with Crippen LogP contribution in [-0.4, -0.2) is 22.9 Å². The van der Waals surface area contributed by atoms with Crippen LogP contribution in [0.2, 0.25) is 0 Å². The monoisotopic (exact) mass is 227 g/mol. The van der Waals surface area contributed by atoms with Crippen molar-refractivity contribution in [1.82, 2.24) is 10.1 Å². The van der Waals surface area contributed by atoms with Gasteiger partial charge in [0.05, 0.1) is 18.8 Å². The Labute approximate surface area is 96.4 Å². The molecule has 0 spiro atoms. The molecule has 0 aliphatic rings. The summed E-state index contributed by atoms with van der Waals surface area (Å²) in [6.45, 7) is 10.4. The Morgan fingerprint density at radius 3 is 2.44 bits per heavy atom. The van der Waals surface area contributed by atoms with Gasteiger partial charge in [-0.1, -0.05) is 25.9 Å². The van der Waals surface area contributed by atoms with Crippen molar-refractivity contribution in [2.24, 2.45) is 5.73 Å². The molecule has 0 aromatic carbocycles. The number of nitrogens with two attached hydrogens (primary N) is 1. The predicted molar refractivity (Wildman–Crippen MR) is 61.0 cm³/mol. The maximum atomic E-state index is 5.89. The van der Waals surface area contributed by atoms with Gasteiger partial charge in [0.15, 0.2) is 5.82 Å². The average Bonchev–Trinajstić information content (AvgIpc) is 2.61. The Hall–Kier alpha value is -0.940. The van der Waals surface area contributed by atoms with Gasteiger partial charge in [-0.3, -0.25) is 0 Å². The highest BCUT2D eigenvalue weighted by Gasteiger charge is 2.23. The summed E-state index contributed by atoms with van der Waals surface area (Å²) >= 11 is 0. The first-order chi connectivity index (χ1) is 7.30. The van der Waals surface area contributed by atoms with E-state index in [1.807, 2.05) is 34.6 Å². The van der Waals surface area contributed by atoms with E-state index in [-0.39, 0.29) is 17.6 Å². The lowest BCUT2D eigenvalue weighted by molar-refractivity contribution is 0.0665. The first-order valence-corrected chi connectivity index (χ1v) is 5.52. The zero-order valence-corrected chi connectivity index (χ0v) is 10.7. The maximum Gasteiger partial charge on any atom is 0.232 e. The van der Waals surface area contributed by atoms with Crippen LogP contribution in [0.15, 0.2) is 4.52 Å². The fourth-order valence-corrected chi connectivity index (χ4v) is 1.06. The van der Waals surface area contributed by atoms with E-state index in [2.05, 4.69) is 10.1 Å². The molecule has 2 N–H and O–H groups in total. The first kappa shape index (κ1) is 13.1. The zero-order valence-electron chi connectivity index (χ0n) is 10.7. The molecule has 1 rings (SSSR count).